The summed E-state index contributed by atoms with van der Waals surface area (Å²) in [6.07, 6.45) is 2.43. The van der Waals surface area contributed by atoms with Crippen molar-refractivity contribution >= 4 is 11.8 Å². The molecule has 0 aliphatic rings. The summed E-state index contributed by atoms with van der Waals surface area (Å²) < 4.78 is 0. The number of rotatable bonds is 8. The van der Waals surface area contributed by atoms with Gasteiger partial charge in [-0.3, -0.25) is 0 Å². The highest BCUT2D eigenvalue weighted by molar-refractivity contribution is 7.99. The lowest BCUT2D eigenvalue weighted by atomic mass is 10.4. The third-order valence-electron chi connectivity index (χ3n) is 1.51. The molecule has 12 heavy (non-hydrogen) atoms. The van der Waals surface area contributed by atoms with E-state index in [1.807, 2.05) is 11.8 Å². The molecule has 0 unspecified atom stereocenters. The zero-order valence-electron chi connectivity index (χ0n) is 8.31. The van der Waals surface area contributed by atoms with Gasteiger partial charge in [0.2, 0.25) is 0 Å². The Labute approximate surface area is 80.7 Å². The van der Waals surface area contributed by atoms with E-state index in [1.165, 1.54) is 17.9 Å². The van der Waals surface area contributed by atoms with E-state index in [4.69, 9.17) is 5.73 Å². The molecular weight excluding hydrogens is 168 g/mol. The molecule has 0 heterocycles. The van der Waals surface area contributed by atoms with Crippen LogP contribution in [0.5, 0.6) is 0 Å². The Morgan fingerprint density at radius 1 is 1.25 bits per heavy atom. The minimum atomic E-state index is 0.624. The highest BCUT2D eigenvalue weighted by Crippen LogP contribution is 2.02. The van der Waals surface area contributed by atoms with Gasteiger partial charge in [-0.25, -0.2) is 0 Å². The number of nitrogens with one attached hydrogen (secondary N) is 1. The Morgan fingerprint density at radius 3 is 2.50 bits per heavy atom. The first-order valence-electron chi connectivity index (χ1n) is 4.78. The van der Waals surface area contributed by atoms with Gasteiger partial charge in [0.1, 0.15) is 0 Å². The van der Waals surface area contributed by atoms with Crippen molar-refractivity contribution in [2.75, 3.05) is 24.6 Å². The molecule has 0 amide bonds. The van der Waals surface area contributed by atoms with Crippen LogP contribution in [-0.2, 0) is 0 Å². The van der Waals surface area contributed by atoms with Crippen molar-refractivity contribution in [2.45, 2.75) is 32.7 Å². The summed E-state index contributed by atoms with van der Waals surface area (Å²) in [5.41, 5.74) is 5.38. The first kappa shape index (κ1) is 12.3. The summed E-state index contributed by atoms with van der Waals surface area (Å²) in [5.74, 6) is 2.48. The van der Waals surface area contributed by atoms with Crippen LogP contribution in [0.2, 0.25) is 0 Å². The van der Waals surface area contributed by atoms with Crippen LogP contribution >= 0.6 is 11.8 Å². The van der Waals surface area contributed by atoms with Gasteiger partial charge in [-0.1, -0.05) is 13.8 Å². The second kappa shape index (κ2) is 9.36. The third-order valence-corrected chi connectivity index (χ3v) is 2.67. The fraction of sp³-hybridized carbons (Fsp3) is 1.00. The summed E-state index contributed by atoms with van der Waals surface area (Å²) in [4.78, 5) is 0. The zero-order valence-corrected chi connectivity index (χ0v) is 9.12. The Morgan fingerprint density at radius 2 is 1.92 bits per heavy atom. The fourth-order valence-electron chi connectivity index (χ4n) is 0.852. The Bertz CT molecular complexity index is 86.6. The first-order chi connectivity index (χ1) is 5.77. The van der Waals surface area contributed by atoms with Crippen LogP contribution in [0.3, 0.4) is 0 Å². The highest BCUT2D eigenvalue weighted by atomic mass is 32.2. The number of nitrogens with two attached hydrogens (primary N) is 1. The quantitative estimate of drug-likeness (QED) is 0.569. The monoisotopic (exact) mass is 190 g/mol. The van der Waals surface area contributed by atoms with Gasteiger partial charge >= 0.3 is 0 Å². The van der Waals surface area contributed by atoms with E-state index in [0.717, 1.165) is 19.5 Å². The smallest absolute Gasteiger partial charge is 0.00103 e. The van der Waals surface area contributed by atoms with E-state index >= 15 is 0 Å². The molecule has 0 atom stereocenters. The maximum absolute atomic E-state index is 5.38. The van der Waals surface area contributed by atoms with Crippen LogP contribution in [0, 0.1) is 0 Å². The molecule has 0 aliphatic carbocycles. The van der Waals surface area contributed by atoms with Gasteiger partial charge in [-0.15, -0.1) is 0 Å². The number of hydrogen-bond donors (Lipinski definition) is 2. The van der Waals surface area contributed by atoms with Gasteiger partial charge in [0, 0.05) is 6.04 Å². The van der Waals surface area contributed by atoms with E-state index < -0.39 is 0 Å². The van der Waals surface area contributed by atoms with Crippen molar-refractivity contribution in [2.24, 2.45) is 5.73 Å². The van der Waals surface area contributed by atoms with E-state index in [0.29, 0.717) is 6.04 Å². The molecule has 0 saturated heterocycles. The second-order valence-corrected chi connectivity index (χ2v) is 4.44. The first-order valence-corrected chi connectivity index (χ1v) is 5.94. The molecule has 0 fully saturated rings. The average Bonchev–Trinajstić information content (AvgIpc) is 2.02. The van der Waals surface area contributed by atoms with E-state index in [2.05, 4.69) is 19.2 Å². The predicted octanol–water partition coefficient (Wildman–Crippen LogP) is 1.46. The molecule has 0 rings (SSSR count). The third kappa shape index (κ3) is 10.3. The molecule has 3 N–H and O–H groups in total. The van der Waals surface area contributed by atoms with Gasteiger partial charge in [-0.2, -0.15) is 11.8 Å². The van der Waals surface area contributed by atoms with Crippen molar-refractivity contribution in [1.82, 2.24) is 5.32 Å². The van der Waals surface area contributed by atoms with Crippen LogP contribution in [0.1, 0.15) is 26.7 Å². The lowest BCUT2D eigenvalue weighted by Crippen LogP contribution is -2.23. The molecule has 2 nitrogen and oxygen atoms in total. The Hall–Kier alpha value is 0.270. The van der Waals surface area contributed by atoms with Gasteiger partial charge in [0.25, 0.3) is 0 Å². The summed E-state index contributed by atoms with van der Waals surface area (Å²) in [5, 5.41) is 3.40. The molecule has 0 radical (unpaired) electrons. The lowest BCUT2D eigenvalue weighted by molar-refractivity contribution is 0.586. The molecule has 0 saturated carbocycles. The van der Waals surface area contributed by atoms with Crippen LogP contribution in [0.15, 0.2) is 0 Å². The summed E-state index contributed by atoms with van der Waals surface area (Å²) in [7, 11) is 0. The number of thioether (sulfide) groups is 1. The van der Waals surface area contributed by atoms with E-state index in [-0.39, 0.29) is 0 Å². The van der Waals surface area contributed by atoms with Crippen LogP contribution in [0.4, 0.5) is 0 Å². The average molecular weight is 190 g/mol. The molecule has 0 aromatic carbocycles. The summed E-state index contributed by atoms with van der Waals surface area (Å²) >= 11 is 2.01. The number of hydrogen-bond acceptors (Lipinski definition) is 3. The topological polar surface area (TPSA) is 38.0 Å². The van der Waals surface area contributed by atoms with Crippen molar-refractivity contribution in [3.05, 3.63) is 0 Å². The molecule has 0 aromatic heterocycles. The molecule has 0 spiro atoms. The summed E-state index contributed by atoms with van der Waals surface area (Å²) in [6.45, 7) is 6.34. The second-order valence-electron chi connectivity index (χ2n) is 3.22. The van der Waals surface area contributed by atoms with Gasteiger partial charge in [0.15, 0.2) is 0 Å². The van der Waals surface area contributed by atoms with E-state index in [9.17, 15) is 0 Å². The molecule has 3 heteroatoms. The molecule has 74 valence electrons. The normalized spacial score (nSPS) is 11.0. The Balaban J connectivity index is 2.82. The van der Waals surface area contributed by atoms with Crippen LogP contribution < -0.4 is 11.1 Å². The predicted molar refractivity (Wildman–Crippen MR) is 58.8 cm³/mol. The van der Waals surface area contributed by atoms with Crippen molar-refractivity contribution in [1.29, 1.82) is 0 Å². The minimum Gasteiger partial charge on any atom is -0.330 e. The van der Waals surface area contributed by atoms with Crippen molar-refractivity contribution < 1.29 is 0 Å². The Kier molecular flexibility index (Phi) is 9.57. The summed E-state index contributed by atoms with van der Waals surface area (Å²) in [6, 6.07) is 0.624. The van der Waals surface area contributed by atoms with Gasteiger partial charge in [0.05, 0.1) is 0 Å². The maximum Gasteiger partial charge on any atom is 0.00103 e. The minimum absolute atomic E-state index is 0.624. The standard InChI is InChI=1S/C9H22N2S/c1-9(2)11-6-4-8-12-7-3-5-10/h9,11H,3-8,10H2,1-2H3. The zero-order chi connectivity index (χ0) is 9.23. The molecule has 0 bridgehead atoms. The van der Waals surface area contributed by atoms with E-state index in [1.54, 1.807) is 0 Å². The maximum atomic E-state index is 5.38. The lowest BCUT2D eigenvalue weighted by Gasteiger charge is -2.06. The van der Waals surface area contributed by atoms with Crippen LogP contribution in [-0.4, -0.2) is 30.6 Å². The molecular formula is C9H22N2S. The van der Waals surface area contributed by atoms with Crippen molar-refractivity contribution in [3.63, 3.8) is 0 Å². The van der Waals surface area contributed by atoms with Crippen LogP contribution in [0.25, 0.3) is 0 Å². The molecule has 0 aliphatic heterocycles. The molecule has 0 aromatic rings. The van der Waals surface area contributed by atoms with Gasteiger partial charge < -0.3 is 11.1 Å². The van der Waals surface area contributed by atoms with Gasteiger partial charge in [-0.05, 0) is 37.4 Å². The highest BCUT2D eigenvalue weighted by Gasteiger charge is 1.92. The fourth-order valence-corrected chi connectivity index (χ4v) is 1.78. The van der Waals surface area contributed by atoms with Crippen molar-refractivity contribution in [3.8, 4) is 0 Å². The SMILES string of the molecule is CC(C)NCCCSCCCN. The largest absolute Gasteiger partial charge is 0.330 e.